The second kappa shape index (κ2) is 5.40. The molecule has 0 heterocycles. The van der Waals surface area contributed by atoms with Crippen LogP contribution in [0.5, 0.6) is 0 Å². The lowest BCUT2D eigenvalue weighted by atomic mass is 10.1. The van der Waals surface area contributed by atoms with E-state index in [1.807, 2.05) is 36.9 Å². The summed E-state index contributed by atoms with van der Waals surface area (Å²) in [6, 6.07) is 5.58. The first-order chi connectivity index (χ1) is 8.65. The van der Waals surface area contributed by atoms with Gasteiger partial charge in [0.25, 0.3) is 5.91 Å². The van der Waals surface area contributed by atoms with Gasteiger partial charge in [-0.2, -0.15) is 0 Å². The Balaban J connectivity index is 2.13. The summed E-state index contributed by atoms with van der Waals surface area (Å²) in [5.41, 5.74) is 5.22. The van der Waals surface area contributed by atoms with Crippen LogP contribution in [0.25, 0.3) is 0 Å². The molecule has 0 spiro atoms. The molecule has 4 nitrogen and oxygen atoms in total. The van der Waals surface area contributed by atoms with E-state index in [0.717, 1.165) is 35.8 Å². The summed E-state index contributed by atoms with van der Waals surface area (Å²) in [7, 11) is 0. The number of benzene rings is 1. The van der Waals surface area contributed by atoms with Crippen LogP contribution in [-0.2, 0) is 0 Å². The number of nitrogens with two attached hydrogens (primary N) is 1. The number of carbonyl (C=O) groups excluding carboxylic acids is 1. The fourth-order valence-electron chi connectivity index (χ4n) is 2.11. The number of hydrogen-bond donors (Lipinski definition) is 2. The van der Waals surface area contributed by atoms with Gasteiger partial charge in [0.15, 0.2) is 0 Å². The number of hydrazine groups is 1. The lowest BCUT2D eigenvalue weighted by Gasteiger charge is -2.21. The zero-order valence-corrected chi connectivity index (χ0v) is 11.1. The van der Waals surface area contributed by atoms with Crippen molar-refractivity contribution in [1.29, 1.82) is 0 Å². The van der Waals surface area contributed by atoms with Gasteiger partial charge in [-0.15, -0.1) is 0 Å². The molecule has 0 saturated heterocycles. The second-order valence-electron chi connectivity index (χ2n) is 4.96. The fourth-order valence-corrected chi connectivity index (χ4v) is 2.11. The van der Waals surface area contributed by atoms with E-state index < -0.39 is 0 Å². The van der Waals surface area contributed by atoms with Crippen LogP contribution in [0.3, 0.4) is 0 Å². The first-order valence-corrected chi connectivity index (χ1v) is 6.52. The third-order valence-corrected chi connectivity index (χ3v) is 3.47. The highest BCUT2D eigenvalue weighted by Crippen LogP contribution is 2.30. The molecular formula is C14H21N3O. The van der Waals surface area contributed by atoms with Crippen LogP contribution < -0.4 is 11.3 Å². The number of amides is 1. The van der Waals surface area contributed by atoms with Crippen molar-refractivity contribution in [2.75, 3.05) is 18.5 Å². The van der Waals surface area contributed by atoms with Gasteiger partial charge in [0.2, 0.25) is 0 Å². The number of rotatable bonds is 5. The van der Waals surface area contributed by atoms with Crippen molar-refractivity contribution >= 4 is 11.6 Å². The lowest BCUT2D eigenvalue weighted by molar-refractivity contribution is 0.0757. The van der Waals surface area contributed by atoms with Gasteiger partial charge in [0, 0.05) is 18.7 Å². The van der Waals surface area contributed by atoms with Crippen molar-refractivity contribution in [2.45, 2.75) is 26.7 Å². The maximum absolute atomic E-state index is 12.4. The third kappa shape index (κ3) is 2.82. The van der Waals surface area contributed by atoms with E-state index >= 15 is 0 Å². The molecule has 2 rings (SSSR count). The van der Waals surface area contributed by atoms with Gasteiger partial charge < -0.3 is 10.3 Å². The highest BCUT2D eigenvalue weighted by molar-refractivity contribution is 5.95. The molecule has 1 aliphatic rings. The summed E-state index contributed by atoms with van der Waals surface area (Å²) in [5.74, 6) is 6.24. The number of nitrogens with zero attached hydrogens (tertiary/aromatic N) is 1. The average Bonchev–Trinajstić information content (AvgIpc) is 3.19. The molecule has 98 valence electrons. The molecule has 1 amide bonds. The Morgan fingerprint density at radius 2 is 2.22 bits per heavy atom. The van der Waals surface area contributed by atoms with Crippen LogP contribution in [0.4, 0.5) is 5.69 Å². The number of carbonyl (C=O) groups is 1. The Morgan fingerprint density at radius 3 is 2.72 bits per heavy atom. The van der Waals surface area contributed by atoms with Crippen LogP contribution in [-0.4, -0.2) is 23.9 Å². The third-order valence-electron chi connectivity index (χ3n) is 3.47. The minimum atomic E-state index is 0.121. The van der Waals surface area contributed by atoms with Crippen molar-refractivity contribution in [3.63, 3.8) is 0 Å². The average molecular weight is 247 g/mol. The van der Waals surface area contributed by atoms with E-state index in [9.17, 15) is 4.79 Å². The Morgan fingerprint density at radius 1 is 1.50 bits per heavy atom. The van der Waals surface area contributed by atoms with E-state index in [1.54, 1.807) is 0 Å². The minimum Gasteiger partial charge on any atom is -0.339 e. The Hall–Kier alpha value is -1.55. The highest BCUT2D eigenvalue weighted by atomic mass is 16.2. The zero-order chi connectivity index (χ0) is 13.1. The van der Waals surface area contributed by atoms with Gasteiger partial charge in [0.05, 0.1) is 5.69 Å². The van der Waals surface area contributed by atoms with Crippen molar-refractivity contribution in [3.8, 4) is 0 Å². The Kier molecular flexibility index (Phi) is 3.87. The van der Waals surface area contributed by atoms with Gasteiger partial charge in [-0.05, 0) is 56.4 Å². The molecule has 18 heavy (non-hydrogen) atoms. The quantitative estimate of drug-likeness (QED) is 0.619. The second-order valence-corrected chi connectivity index (χ2v) is 4.96. The summed E-state index contributed by atoms with van der Waals surface area (Å²) < 4.78 is 0. The molecule has 1 aromatic rings. The largest absolute Gasteiger partial charge is 0.339 e. The van der Waals surface area contributed by atoms with Crippen LogP contribution in [0.1, 0.15) is 35.7 Å². The highest BCUT2D eigenvalue weighted by Gasteiger charge is 2.26. The van der Waals surface area contributed by atoms with Gasteiger partial charge >= 0.3 is 0 Å². The molecule has 1 aromatic carbocycles. The van der Waals surface area contributed by atoms with Crippen LogP contribution in [0.15, 0.2) is 18.2 Å². The number of nitrogen functional groups attached to an aromatic ring is 1. The number of hydrogen-bond acceptors (Lipinski definition) is 3. The van der Waals surface area contributed by atoms with Gasteiger partial charge in [0.1, 0.15) is 0 Å². The normalized spacial score (nSPS) is 14.4. The number of aryl methyl sites for hydroxylation is 1. The first kappa shape index (κ1) is 12.9. The lowest BCUT2D eigenvalue weighted by Crippen LogP contribution is -2.32. The summed E-state index contributed by atoms with van der Waals surface area (Å²) in [5, 5.41) is 0. The predicted octanol–water partition coefficient (Wildman–Crippen LogP) is 2.15. The monoisotopic (exact) mass is 247 g/mol. The number of anilines is 1. The summed E-state index contributed by atoms with van der Waals surface area (Å²) in [6.45, 7) is 5.64. The molecule has 1 fully saturated rings. The topological polar surface area (TPSA) is 58.4 Å². The van der Waals surface area contributed by atoms with Gasteiger partial charge in [-0.25, -0.2) is 0 Å². The number of nitrogens with one attached hydrogen (secondary N) is 1. The van der Waals surface area contributed by atoms with Crippen molar-refractivity contribution in [2.24, 2.45) is 11.8 Å². The molecule has 0 radical (unpaired) electrons. The molecular weight excluding hydrogens is 226 g/mol. The fraction of sp³-hybridized carbons (Fsp3) is 0.500. The van der Waals surface area contributed by atoms with E-state index in [1.165, 1.54) is 12.8 Å². The summed E-state index contributed by atoms with van der Waals surface area (Å²) >= 11 is 0. The maximum atomic E-state index is 12.4. The molecule has 0 unspecified atom stereocenters. The van der Waals surface area contributed by atoms with Gasteiger partial charge in [-0.3, -0.25) is 10.6 Å². The first-order valence-electron chi connectivity index (χ1n) is 6.52. The van der Waals surface area contributed by atoms with Crippen molar-refractivity contribution < 1.29 is 4.79 Å². The van der Waals surface area contributed by atoms with Crippen LogP contribution in [0, 0.1) is 12.8 Å². The maximum Gasteiger partial charge on any atom is 0.253 e. The molecule has 3 N–H and O–H groups in total. The Labute approximate surface area is 108 Å². The SMILES string of the molecule is CCN(CC1CC1)C(=O)c1ccc(NN)c(C)c1. The molecule has 1 saturated carbocycles. The van der Waals surface area contributed by atoms with E-state index in [4.69, 9.17) is 5.84 Å². The summed E-state index contributed by atoms with van der Waals surface area (Å²) in [6.07, 6.45) is 2.53. The Bertz CT molecular complexity index is 441. The van der Waals surface area contributed by atoms with Crippen LogP contribution in [0.2, 0.25) is 0 Å². The van der Waals surface area contributed by atoms with E-state index in [2.05, 4.69) is 5.43 Å². The van der Waals surface area contributed by atoms with E-state index in [-0.39, 0.29) is 5.91 Å². The molecule has 0 aromatic heterocycles. The van der Waals surface area contributed by atoms with Crippen molar-refractivity contribution in [3.05, 3.63) is 29.3 Å². The molecule has 1 aliphatic carbocycles. The zero-order valence-electron chi connectivity index (χ0n) is 11.1. The summed E-state index contributed by atoms with van der Waals surface area (Å²) in [4.78, 5) is 14.3. The van der Waals surface area contributed by atoms with Crippen molar-refractivity contribution in [1.82, 2.24) is 4.90 Å². The molecule has 4 heteroatoms. The van der Waals surface area contributed by atoms with Crippen LogP contribution >= 0.6 is 0 Å². The molecule has 0 bridgehead atoms. The standard InChI is InChI=1S/C14H21N3O/c1-3-17(9-11-4-5-11)14(18)12-6-7-13(16-15)10(2)8-12/h6-8,11,16H,3-5,9,15H2,1-2H3. The predicted molar refractivity (Wildman–Crippen MR) is 73.3 cm³/mol. The molecule has 0 atom stereocenters. The van der Waals surface area contributed by atoms with Gasteiger partial charge in [-0.1, -0.05) is 0 Å². The minimum absolute atomic E-state index is 0.121. The smallest absolute Gasteiger partial charge is 0.253 e. The van der Waals surface area contributed by atoms with E-state index in [0.29, 0.717) is 0 Å². The molecule has 0 aliphatic heterocycles.